The third-order valence-corrected chi connectivity index (χ3v) is 7.13. The number of benzene rings is 2. The van der Waals surface area contributed by atoms with Crippen LogP contribution in [0, 0.1) is 0 Å². The summed E-state index contributed by atoms with van der Waals surface area (Å²) in [7, 11) is -3.58. The molecule has 0 heterocycles. The van der Waals surface area contributed by atoms with Crippen LogP contribution in [-0.2, 0) is 9.84 Å². The van der Waals surface area contributed by atoms with Gasteiger partial charge in [0.15, 0.2) is 0 Å². The van der Waals surface area contributed by atoms with Crippen LogP contribution in [0.15, 0.2) is 46.2 Å². The van der Waals surface area contributed by atoms with E-state index in [9.17, 15) is 8.42 Å². The second-order valence-electron chi connectivity index (χ2n) is 8.72. The van der Waals surface area contributed by atoms with Crippen molar-refractivity contribution in [2.24, 2.45) is 0 Å². The van der Waals surface area contributed by atoms with Crippen LogP contribution in [0.1, 0.15) is 101 Å². The molecule has 2 aromatic rings. The molecule has 0 N–H and O–H groups in total. The van der Waals surface area contributed by atoms with Gasteiger partial charge < -0.3 is 0 Å². The Hall–Kier alpha value is -1.61. The molecule has 3 heteroatoms. The fraction of sp³-hybridized carbons (Fsp3) is 0.500. The first kappa shape index (κ1) is 21.7. The summed E-state index contributed by atoms with van der Waals surface area (Å²) in [6.45, 7) is 16.8. The summed E-state index contributed by atoms with van der Waals surface area (Å²) < 4.78 is 27.3. The fourth-order valence-electron chi connectivity index (χ4n) is 3.36. The third kappa shape index (κ3) is 4.45. The summed E-state index contributed by atoms with van der Waals surface area (Å²) in [6, 6.07) is 11.7. The molecule has 148 valence electrons. The first-order valence-corrected chi connectivity index (χ1v) is 11.5. The molecule has 0 radical (unpaired) electrons. The molecule has 27 heavy (non-hydrogen) atoms. The van der Waals surface area contributed by atoms with E-state index in [2.05, 4.69) is 67.5 Å². The predicted molar refractivity (Wildman–Crippen MR) is 115 cm³/mol. The first-order valence-electron chi connectivity index (χ1n) is 9.99. The smallest absolute Gasteiger partial charge is 0.207 e. The summed E-state index contributed by atoms with van der Waals surface area (Å²) >= 11 is 0. The molecule has 0 bridgehead atoms. The van der Waals surface area contributed by atoms with Crippen molar-refractivity contribution in [2.75, 3.05) is 0 Å². The van der Waals surface area contributed by atoms with Gasteiger partial charge in [0, 0.05) is 0 Å². The van der Waals surface area contributed by atoms with Crippen LogP contribution in [0.3, 0.4) is 0 Å². The lowest BCUT2D eigenvalue weighted by molar-refractivity contribution is 0.591. The number of rotatable bonds is 6. The SMILES string of the molecule is CC(C)c1ccc(S(=O)(=O)c2ccc(C(C)C)cc2C(C)C)c(C(C)C)c1. The van der Waals surface area contributed by atoms with Crippen LogP contribution >= 0.6 is 0 Å². The van der Waals surface area contributed by atoms with Gasteiger partial charge in [0.2, 0.25) is 9.84 Å². The normalized spacial score (nSPS) is 12.6. The van der Waals surface area contributed by atoms with Crippen LogP contribution in [-0.4, -0.2) is 8.42 Å². The zero-order valence-electron chi connectivity index (χ0n) is 18.0. The minimum absolute atomic E-state index is 0.144. The van der Waals surface area contributed by atoms with E-state index < -0.39 is 9.84 Å². The van der Waals surface area contributed by atoms with Crippen molar-refractivity contribution in [1.82, 2.24) is 0 Å². The lowest BCUT2D eigenvalue weighted by Crippen LogP contribution is -2.11. The molecule has 0 aromatic heterocycles. The Labute approximate surface area is 165 Å². The average molecular weight is 387 g/mol. The van der Waals surface area contributed by atoms with Gasteiger partial charge in [-0.2, -0.15) is 0 Å². The van der Waals surface area contributed by atoms with Gasteiger partial charge in [0.1, 0.15) is 0 Å². The van der Waals surface area contributed by atoms with Gasteiger partial charge in [-0.25, -0.2) is 8.42 Å². The van der Waals surface area contributed by atoms with Crippen molar-refractivity contribution >= 4 is 9.84 Å². The van der Waals surface area contributed by atoms with Crippen molar-refractivity contribution < 1.29 is 8.42 Å². The summed E-state index contributed by atoms with van der Waals surface area (Å²) in [5, 5.41) is 0. The van der Waals surface area contributed by atoms with Gasteiger partial charge in [-0.1, -0.05) is 79.7 Å². The lowest BCUT2D eigenvalue weighted by atomic mass is 9.95. The van der Waals surface area contributed by atoms with Gasteiger partial charge in [0.05, 0.1) is 9.79 Å². The molecule has 0 saturated heterocycles. The van der Waals surface area contributed by atoms with E-state index in [-0.39, 0.29) is 11.8 Å². The van der Waals surface area contributed by atoms with Gasteiger partial charge in [-0.15, -0.1) is 0 Å². The number of hydrogen-bond donors (Lipinski definition) is 0. The standard InChI is InChI=1S/C24H34O2S/c1-15(2)19-9-11-23(21(13-19)17(5)6)27(25,26)24-12-10-20(16(3)4)14-22(24)18(7)8/h9-18H,1-8H3. The van der Waals surface area contributed by atoms with Gasteiger partial charge in [-0.05, 0) is 58.1 Å². The predicted octanol–water partition coefficient (Wildman–Crippen LogP) is 7.01. The molecular formula is C24H34O2S. The number of hydrogen-bond acceptors (Lipinski definition) is 2. The van der Waals surface area contributed by atoms with Crippen LogP contribution < -0.4 is 0 Å². The molecule has 0 fully saturated rings. The molecule has 2 aromatic carbocycles. The zero-order valence-corrected chi connectivity index (χ0v) is 18.8. The lowest BCUT2D eigenvalue weighted by Gasteiger charge is -2.20. The highest BCUT2D eigenvalue weighted by atomic mass is 32.2. The van der Waals surface area contributed by atoms with Gasteiger partial charge in [-0.3, -0.25) is 0 Å². The molecule has 0 spiro atoms. The molecule has 0 saturated carbocycles. The molecule has 2 rings (SSSR count). The summed E-state index contributed by atoms with van der Waals surface area (Å²) in [5.41, 5.74) is 4.17. The summed E-state index contributed by atoms with van der Waals surface area (Å²) in [4.78, 5) is 0.891. The third-order valence-electron chi connectivity index (χ3n) is 5.22. The van der Waals surface area contributed by atoms with E-state index >= 15 is 0 Å². The second kappa shape index (κ2) is 8.18. The van der Waals surface area contributed by atoms with Crippen LogP contribution in [0.2, 0.25) is 0 Å². The minimum Gasteiger partial charge on any atom is -0.218 e. The second-order valence-corrected chi connectivity index (χ2v) is 10.6. The summed E-state index contributed by atoms with van der Waals surface area (Å²) in [5.74, 6) is 1.03. The Morgan fingerprint density at radius 3 is 1.15 bits per heavy atom. The van der Waals surface area contributed by atoms with Crippen LogP contribution in [0.4, 0.5) is 0 Å². The van der Waals surface area contributed by atoms with E-state index in [1.807, 2.05) is 12.1 Å². The highest BCUT2D eigenvalue weighted by Crippen LogP contribution is 2.35. The fourth-order valence-corrected chi connectivity index (χ4v) is 5.30. The van der Waals surface area contributed by atoms with Crippen molar-refractivity contribution in [3.05, 3.63) is 58.7 Å². The van der Waals surface area contributed by atoms with Crippen molar-refractivity contribution in [1.29, 1.82) is 0 Å². The maximum absolute atomic E-state index is 13.6. The number of sulfone groups is 1. The van der Waals surface area contributed by atoms with Gasteiger partial charge >= 0.3 is 0 Å². The van der Waals surface area contributed by atoms with E-state index in [0.717, 1.165) is 11.1 Å². The molecule has 0 unspecified atom stereocenters. The molecule has 2 nitrogen and oxygen atoms in total. The quantitative estimate of drug-likeness (QED) is 0.535. The van der Waals surface area contributed by atoms with E-state index in [4.69, 9.17) is 0 Å². The maximum atomic E-state index is 13.6. The highest BCUT2D eigenvalue weighted by Gasteiger charge is 2.27. The Kier molecular flexibility index (Phi) is 6.57. The molecule has 0 aliphatic heterocycles. The van der Waals surface area contributed by atoms with Crippen molar-refractivity contribution in [3.63, 3.8) is 0 Å². The highest BCUT2D eigenvalue weighted by molar-refractivity contribution is 7.91. The van der Waals surface area contributed by atoms with Gasteiger partial charge in [0.25, 0.3) is 0 Å². The van der Waals surface area contributed by atoms with Crippen LogP contribution in [0.25, 0.3) is 0 Å². The Morgan fingerprint density at radius 1 is 0.556 bits per heavy atom. The monoisotopic (exact) mass is 386 g/mol. The largest absolute Gasteiger partial charge is 0.218 e. The Bertz CT molecular complexity index is 834. The molecule has 0 amide bonds. The Morgan fingerprint density at radius 2 is 0.889 bits per heavy atom. The molecule has 0 atom stereocenters. The van der Waals surface area contributed by atoms with E-state index in [0.29, 0.717) is 21.6 Å². The van der Waals surface area contributed by atoms with Crippen molar-refractivity contribution in [2.45, 2.75) is 88.9 Å². The average Bonchev–Trinajstić information content (AvgIpc) is 2.60. The van der Waals surface area contributed by atoms with E-state index in [1.54, 1.807) is 12.1 Å². The molecular weight excluding hydrogens is 352 g/mol. The molecule has 0 aliphatic carbocycles. The zero-order chi connectivity index (χ0) is 20.5. The first-order chi connectivity index (χ1) is 12.5. The van der Waals surface area contributed by atoms with Crippen LogP contribution in [0.5, 0.6) is 0 Å². The van der Waals surface area contributed by atoms with E-state index in [1.165, 1.54) is 11.1 Å². The maximum Gasteiger partial charge on any atom is 0.207 e. The van der Waals surface area contributed by atoms with Crippen molar-refractivity contribution in [3.8, 4) is 0 Å². The summed E-state index contributed by atoms with van der Waals surface area (Å²) in [6.07, 6.45) is 0. The Balaban J connectivity index is 2.73. The molecule has 0 aliphatic rings. The minimum atomic E-state index is -3.58. The topological polar surface area (TPSA) is 34.1 Å².